The van der Waals surface area contributed by atoms with E-state index in [1.54, 1.807) is 0 Å². The van der Waals surface area contributed by atoms with Gasteiger partial charge < -0.3 is 11.1 Å². The Kier molecular flexibility index (Phi) is 5.43. The SMILES string of the molecule is Cc1nc(C(=O)N[C@H](Cc2ccccc2)C(N)=O)c(-c2ccccc2)s1. The van der Waals surface area contributed by atoms with Crippen LogP contribution < -0.4 is 11.1 Å². The number of rotatable bonds is 6. The van der Waals surface area contributed by atoms with Crippen molar-refractivity contribution in [2.45, 2.75) is 19.4 Å². The van der Waals surface area contributed by atoms with E-state index in [2.05, 4.69) is 10.3 Å². The molecular weight excluding hydrogens is 346 g/mol. The molecule has 5 nitrogen and oxygen atoms in total. The van der Waals surface area contributed by atoms with Crippen molar-refractivity contribution in [2.75, 3.05) is 0 Å². The van der Waals surface area contributed by atoms with Gasteiger partial charge >= 0.3 is 0 Å². The number of aromatic nitrogens is 1. The van der Waals surface area contributed by atoms with Crippen molar-refractivity contribution in [2.24, 2.45) is 5.73 Å². The van der Waals surface area contributed by atoms with Gasteiger partial charge in [0, 0.05) is 6.42 Å². The molecule has 0 spiro atoms. The second-order valence-corrected chi connectivity index (χ2v) is 7.10. The normalized spacial score (nSPS) is 11.7. The Morgan fingerprint density at radius 3 is 2.31 bits per heavy atom. The van der Waals surface area contributed by atoms with E-state index >= 15 is 0 Å². The van der Waals surface area contributed by atoms with E-state index in [1.807, 2.05) is 67.6 Å². The van der Waals surface area contributed by atoms with E-state index in [4.69, 9.17) is 5.73 Å². The zero-order valence-electron chi connectivity index (χ0n) is 14.3. The fourth-order valence-electron chi connectivity index (χ4n) is 2.67. The third-order valence-electron chi connectivity index (χ3n) is 3.92. The van der Waals surface area contributed by atoms with Crippen molar-refractivity contribution in [1.82, 2.24) is 10.3 Å². The van der Waals surface area contributed by atoms with Crippen molar-refractivity contribution in [3.63, 3.8) is 0 Å². The van der Waals surface area contributed by atoms with Crippen molar-refractivity contribution in [1.29, 1.82) is 0 Å². The number of nitrogens with two attached hydrogens (primary N) is 1. The average molecular weight is 365 g/mol. The largest absolute Gasteiger partial charge is 0.368 e. The first-order chi connectivity index (χ1) is 12.5. The molecule has 0 bridgehead atoms. The van der Waals surface area contributed by atoms with Gasteiger partial charge in [-0.2, -0.15) is 0 Å². The summed E-state index contributed by atoms with van der Waals surface area (Å²) in [6, 6.07) is 18.2. The van der Waals surface area contributed by atoms with E-state index < -0.39 is 17.9 Å². The second-order valence-electron chi connectivity index (χ2n) is 5.89. The molecule has 1 heterocycles. The highest BCUT2D eigenvalue weighted by molar-refractivity contribution is 7.15. The smallest absolute Gasteiger partial charge is 0.272 e. The zero-order valence-corrected chi connectivity index (χ0v) is 15.1. The summed E-state index contributed by atoms with van der Waals surface area (Å²) in [4.78, 5) is 29.7. The van der Waals surface area contributed by atoms with Crippen LogP contribution in [0, 0.1) is 6.92 Å². The van der Waals surface area contributed by atoms with Crippen LogP contribution in [0.15, 0.2) is 60.7 Å². The molecule has 2 aromatic carbocycles. The summed E-state index contributed by atoms with van der Waals surface area (Å²) in [5.74, 6) is -0.969. The van der Waals surface area contributed by atoms with E-state index in [0.717, 1.165) is 21.0 Å². The first-order valence-corrected chi connectivity index (χ1v) is 9.03. The van der Waals surface area contributed by atoms with Gasteiger partial charge in [-0.05, 0) is 18.1 Å². The van der Waals surface area contributed by atoms with Gasteiger partial charge in [0.2, 0.25) is 5.91 Å². The number of carbonyl (C=O) groups is 2. The van der Waals surface area contributed by atoms with Crippen LogP contribution >= 0.6 is 11.3 Å². The number of aryl methyl sites for hydroxylation is 1. The third-order valence-corrected chi connectivity index (χ3v) is 4.94. The molecule has 0 unspecified atom stereocenters. The van der Waals surface area contributed by atoms with Gasteiger partial charge in [-0.15, -0.1) is 11.3 Å². The minimum absolute atomic E-state index is 0.318. The van der Waals surface area contributed by atoms with Gasteiger partial charge in [-0.25, -0.2) is 4.98 Å². The molecule has 3 aromatic rings. The molecular formula is C20H19N3O2S. The number of hydrogen-bond donors (Lipinski definition) is 2. The lowest BCUT2D eigenvalue weighted by Crippen LogP contribution is -2.46. The molecule has 6 heteroatoms. The number of amides is 2. The molecule has 1 atom stereocenters. The number of benzene rings is 2. The number of thiazole rings is 1. The molecule has 0 radical (unpaired) electrons. The molecule has 0 aliphatic rings. The maximum absolute atomic E-state index is 12.8. The Hall–Kier alpha value is -2.99. The highest BCUT2D eigenvalue weighted by atomic mass is 32.1. The quantitative estimate of drug-likeness (QED) is 0.704. The second kappa shape index (κ2) is 7.93. The third kappa shape index (κ3) is 4.15. The fourth-order valence-corrected chi connectivity index (χ4v) is 3.59. The van der Waals surface area contributed by atoms with E-state index in [0.29, 0.717) is 12.1 Å². The lowest BCUT2D eigenvalue weighted by molar-refractivity contribution is -0.119. The van der Waals surface area contributed by atoms with Crippen LogP contribution in [-0.4, -0.2) is 22.8 Å². The summed E-state index contributed by atoms with van der Waals surface area (Å²) in [6.45, 7) is 1.85. The lowest BCUT2D eigenvalue weighted by atomic mass is 10.1. The van der Waals surface area contributed by atoms with Crippen molar-refractivity contribution < 1.29 is 9.59 Å². The van der Waals surface area contributed by atoms with Crippen molar-refractivity contribution in [3.05, 3.63) is 76.9 Å². The molecule has 132 valence electrons. The summed E-state index contributed by atoms with van der Waals surface area (Å²) >= 11 is 1.45. The van der Waals surface area contributed by atoms with Crippen LogP contribution in [0.3, 0.4) is 0 Å². The van der Waals surface area contributed by atoms with Gasteiger partial charge in [-0.3, -0.25) is 9.59 Å². The predicted molar refractivity (Wildman–Crippen MR) is 103 cm³/mol. The molecule has 3 N–H and O–H groups in total. The summed E-state index contributed by atoms with van der Waals surface area (Å²) < 4.78 is 0. The number of hydrogen-bond acceptors (Lipinski definition) is 4. The van der Waals surface area contributed by atoms with Gasteiger partial charge in [-0.1, -0.05) is 60.7 Å². The van der Waals surface area contributed by atoms with Gasteiger partial charge in [0.05, 0.1) is 9.88 Å². The monoisotopic (exact) mass is 365 g/mol. The number of primary amides is 1. The Balaban J connectivity index is 1.83. The lowest BCUT2D eigenvalue weighted by Gasteiger charge is -2.15. The zero-order chi connectivity index (χ0) is 18.5. The Bertz CT molecular complexity index is 907. The minimum Gasteiger partial charge on any atom is -0.368 e. The maximum Gasteiger partial charge on any atom is 0.272 e. The molecule has 26 heavy (non-hydrogen) atoms. The predicted octanol–water partition coefficient (Wildman–Crippen LogP) is 2.94. The van der Waals surface area contributed by atoms with Crippen LogP contribution in [0.4, 0.5) is 0 Å². The molecule has 0 saturated carbocycles. The van der Waals surface area contributed by atoms with E-state index in [9.17, 15) is 9.59 Å². The summed E-state index contributed by atoms with van der Waals surface area (Å²) in [5.41, 5.74) is 7.66. The van der Waals surface area contributed by atoms with Crippen LogP contribution in [0.25, 0.3) is 10.4 Å². The Morgan fingerprint density at radius 2 is 1.69 bits per heavy atom. The minimum atomic E-state index is -0.796. The average Bonchev–Trinajstić information content (AvgIpc) is 3.04. The Morgan fingerprint density at radius 1 is 1.08 bits per heavy atom. The van der Waals surface area contributed by atoms with Crippen LogP contribution in [-0.2, 0) is 11.2 Å². The summed E-state index contributed by atoms with van der Waals surface area (Å²) in [6.07, 6.45) is 0.339. The van der Waals surface area contributed by atoms with Crippen molar-refractivity contribution >= 4 is 23.2 Å². The number of carbonyl (C=O) groups excluding carboxylic acids is 2. The first kappa shape index (κ1) is 17.8. The van der Waals surface area contributed by atoms with Crippen LogP contribution in [0.2, 0.25) is 0 Å². The maximum atomic E-state index is 12.8. The summed E-state index contributed by atoms with van der Waals surface area (Å²) in [7, 11) is 0. The van der Waals surface area contributed by atoms with Crippen LogP contribution in [0.1, 0.15) is 21.1 Å². The van der Waals surface area contributed by atoms with Crippen molar-refractivity contribution in [3.8, 4) is 10.4 Å². The molecule has 0 aliphatic heterocycles. The fraction of sp³-hybridized carbons (Fsp3) is 0.150. The summed E-state index contributed by atoms with van der Waals surface area (Å²) in [5, 5.41) is 3.52. The number of nitrogens with zero attached hydrogens (tertiary/aromatic N) is 1. The highest BCUT2D eigenvalue weighted by Crippen LogP contribution is 2.30. The highest BCUT2D eigenvalue weighted by Gasteiger charge is 2.24. The first-order valence-electron chi connectivity index (χ1n) is 8.21. The topological polar surface area (TPSA) is 85.1 Å². The Labute approximate surface area is 155 Å². The van der Waals surface area contributed by atoms with Gasteiger partial charge in [0.15, 0.2) is 0 Å². The van der Waals surface area contributed by atoms with Gasteiger partial charge in [0.1, 0.15) is 11.7 Å². The molecule has 3 rings (SSSR count). The van der Waals surface area contributed by atoms with E-state index in [1.165, 1.54) is 11.3 Å². The van der Waals surface area contributed by atoms with Gasteiger partial charge in [0.25, 0.3) is 5.91 Å². The molecule has 0 fully saturated rings. The van der Waals surface area contributed by atoms with Crippen LogP contribution in [0.5, 0.6) is 0 Å². The van der Waals surface area contributed by atoms with E-state index in [-0.39, 0.29) is 0 Å². The molecule has 0 saturated heterocycles. The molecule has 0 aliphatic carbocycles. The standard InChI is InChI=1S/C20H19N3O2S/c1-13-22-17(18(26-13)15-10-6-3-7-11-15)20(25)23-16(19(21)24)12-14-8-4-2-5-9-14/h2-11,16H,12H2,1H3,(H2,21,24)(H,23,25)/t16-/m1/s1. The molecule has 1 aromatic heterocycles. The molecule has 2 amide bonds. The number of nitrogens with one attached hydrogen (secondary N) is 1.